The number of nitrogens with one attached hydrogen (secondary N) is 4. The van der Waals surface area contributed by atoms with Crippen LogP contribution in [0.2, 0.25) is 0 Å². The number of imidazole rings is 1. The number of carbonyl (C=O) groups excluding carboxylic acids is 5. The number of aromatic amines is 1. The number of hydrogen-bond acceptors (Lipinski definition) is 6. The fraction of sp³-hybridized carbons (Fsp3) is 0.320. The highest BCUT2D eigenvalue weighted by Gasteiger charge is 2.41. The van der Waals surface area contributed by atoms with Crippen LogP contribution in [0, 0.1) is 23.7 Å². The van der Waals surface area contributed by atoms with Crippen molar-refractivity contribution in [2.75, 3.05) is 18.4 Å². The molecule has 0 bridgehead atoms. The zero-order chi connectivity index (χ0) is 42.6. The van der Waals surface area contributed by atoms with E-state index in [0.29, 0.717) is 37.2 Å². The molecule has 12 nitrogen and oxygen atoms in total. The van der Waals surface area contributed by atoms with Gasteiger partial charge >= 0.3 is 0 Å². The Morgan fingerprint density at radius 2 is 1.11 bits per heavy atom. The average Bonchev–Trinajstić information content (AvgIpc) is 4.18. The van der Waals surface area contributed by atoms with Gasteiger partial charge in [-0.25, -0.2) is 4.98 Å². The lowest BCUT2D eigenvalue weighted by atomic mass is 10.0. The Balaban J connectivity index is 0.809. The van der Waals surface area contributed by atoms with Gasteiger partial charge in [0.1, 0.15) is 23.9 Å². The molecule has 5 amide bonds. The molecular weight excluding hydrogens is 779 g/mol. The van der Waals surface area contributed by atoms with Gasteiger partial charge in [-0.2, -0.15) is 0 Å². The van der Waals surface area contributed by atoms with Crippen LogP contribution in [0.25, 0.3) is 11.3 Å². The minimum Gasteiger partial charge on any atom is -0.340 e. The largest absolute Gasteiger partial charge is 0.340 e. The first kappa shape index (κ1) is 40.4. The third-order valence-corrected chi connectivity index (χ3v) is 12.2. The molecule has 9 rings (SSSR count). The average molecular weight is 828 g/mol. The number of aromatic nitrogens is 2. The highest BCUT2D eigenvalue weighted by molar-refractivity contribution is 5.99. The molecule has 1 aromatic heterocycles. The van der Waals surface area contributed by atoms with Gasteiger partial charge in [0.25, 0.3) is 0 Å². The van der Waals surface area contributed by atoms with Crippen LogP contribution < -0.4 is 16.0 Å². The molecule has 4 aliphatic rings. The van der Waals surface area contributed by atoms with Crippen LogP contribution in [-0.4, -0.2) is 68.4 Å². The summed E-state index contributed by atoms with van der Waals surface area (Å²) in [5, 5.41) is 8.96. The van der Waals surface area contributed by atoms with Crippen LogP contribution in [0.4, 0.5) is 5.69 Å². The fourth-order valence-electron chi connectivity index (χ4n) is 8.42. The van der Waals surface area contributed by atoms with Crippen molar-refractivity contribution in [3.8, 4) is 23.1 Å². The minimum atomic E-state index is -0.843. The van der Waals surface area contributed by atoms with E-state index in [-0.39, 0.29) is 47.4 Å². The van der Waals surface area contributed by atoms with Crippen LogP contribution in [-0.2, 0) is 24.0 Å². The van der Waals surface area contributed by atoms with E-state index in [1.54, 1.807) is 23.2 Å². The Morgan fingerprint density at radius 1 is 0.597 bits per heavy atom. The highest BCUT2D eigenvalue weighted by atomic mass is 16.2. The van der Waals surface area contributed by atoms with Gasteiger partial charge in [-0.3, -0.25) is 24.0 Å². The molecule has 4 N–H and O–H groups in total. The van der Waals surface area contributed by atoms with Gasteiger partial charge in [-0.05, 0) is 104 Å². The molecule has 4 aromatic carbocycles. The minimum absolute atomic E-state index is 0.00835. The monoisotopic (exact) mass is 827 g/mol. The van der Waals surface area contributed by atoms with E-state index in [0.717, 1.165) is 72.3 Å². The van der Waals surface area contributed by atoms with Gasteiger partial charge in [0.05, 0.1) is 17.9 Å². The van der Waals surface area contributed by atoms with E-state index in [1.165, 1.54) is 0 Å². The van der Waals surface area contributed by atoms with Crippen molar-refractivity contribution in [3.63, 3.8) is 0 Å². The number of likely N-dealkylation sites (tertiary alicyclic amines) is 2. The van der Waals surface area contributed by atoms with E-state index in [9.17, 15) is 24.0 Å². The predicted octanol–water partition coefficient (Wildman–Crippen LogP) is 6.60. The fourth-order valence-corrected chi connectivity index (χ4v) is 8.42. The molecule has 0 unspecified atom stereocenters. The molecule has 3 heterocycles. The molecule has 2 saturated heterocycles. The number of anilines is 1. The van der Waals surface area contributed by atoms with Gasteiger partial charge < -0.3 is 30.7 Å². The second-order valence-electron chi connectivity index (χ2n) is 16.7. The Bertz CT molecular complexity index is 2500. The Kier molecular flexibility index (Phi) is 11.7. The summed E-state index contributed by atoms with van der Waals surface area (Å²) < 4.78 is 0. The summed E-state index contributed by atoms with van der Waals surface area (Å²) in [6, 6.07) is 31.4. The van der Waals surface area contributed by atoms with Crippen molar-refractivity contribution in [1.82, 2.24) is 30.4 Å². The van der Waals surface area contributed by atoms with Gasteiger partial charge in [-0.1, -0.05) is 84.6 Å². The van der Waals surface area contributed by atoms with Gasteiger partial charge in [0.15, 0.2) is 0 Å². The third kappa shape index (κ3) is 9.17. The molecule has 4 atom stereocenters. The first-order valence-corrected chi connectivity index (χ1v) is 21.7. The molecule has 2 aliphatic heterocycles. The van der Waals surface area contributed by atoms with Gasteiger partial charge in [-0.15, -0.1) is 0 Å². The van der Waals surface area contributed by atoms with E-state index >= 15 is 0 Å². The topological polar surface area (TPSA) is 157 Å². The van der Waals surface area contributed by atoms with E-state index in [4.69, 9.17) is 4.98 Å². The molecule has 0 spiro atoms. The van der Waals surface area contributed by atoms with Gasteiger partial charge in [0, 0.05) is 41.7 Å². The molecule has 314 valence electrons. The van der Waals surface area contributed by atoms with E-state index in [1.807, 2.05) is 102 Å². The maximum Gasteiger partial charge on any atom is 0.250 e. The molecule has 12 heteroatoms. The molecular formula is C50H49N7O5. The number of amides is 5. The predicted molar refractivity (Wildman–Crippen MR) is 234 cm³/mol. The summed E-state index contributed by atoms with van der Waals surface area (Å²) in [6.45, 7) is 1.03. The molecule has 2 aliphatic carbocycles. The number of H-pyrrole nitrogens is 1. The van der Waals surface area contributed by atoms with Crippen molar-refractivity contribution in [1.29, 1.82) is 0 Å². The van der Waals surface area contributed by atoms with Crippen LogP contribution in [0.1, 0.15) is 97.6 Å². The molecule has 0 radical (unpaired) electrons. The summed E-state index contributed by atoms with van der Waals surface area (Å²) in [4.78, 5) is 78.6. The maximum atomic E-state index is 14.0. The zero-order valence-electron chi connectivity index (χ0n) is 34.4. The van der Waals surface area contributed by atoms with Crippen LogP contribution >= 0.6 is 0 Å². The van der Waals surface area contributed by atoms with Crippen molar-refractivity contribution in [3.05, 3.63) is 143 Å². The lowest BCUT2D eigenvalue weighted by molar-refractivity contribution is -0.140. The number of benzene rings is 4. The molecule has 5 aromatic rings. The lowest BCUT2D eigenvalue weighted by Crippen LogP contribution is -2.48. The number of carbonyl (C=O) groups is 5. The second kappa shape index (κ2) is 17.9. The van der Waals surface area contributed by atoms with Crippen molar-refractivity contribution >= 4 is 35.2 Å². The van der Waals surface area contributed by atoms with Gasteiger partial charge in [0.2, 0.25) is 29.5 Å². The lowest BCUT2D eigenvalue weighted by Gasteiger charge is -2.29. The third-order valence-electron chi connectivity index (χ3n) is 12.2. The van der Waals surface area contributed by atoms with E-state index in [2.05, 4.69) is 32.8 Å². The smallest absolute Gasteiger partial charge is 0.250 e. The van der Waals surface area contributed by atoms with Crippen LogP contribution in [0.5, 0.6) is 0 Å². The maximum absolute atomic E-state index is 14.0. The number of rotatable bonds is 12. The molecule has 4 fully saturated rings. The number of nitrogens with zero attached hydrogens (tertiary/aromatic N) is 3. The zero-order valence-corrected chi connectivity index (χ0v) is 34.4. The van der Waals surface area contributed by atoms with Crippen molar-refractivity contribution < 1.29 is 24.0 Å². The molecule has 2 saturated carbocycles. The second-order valence-corrected chi connectivity index (χ2v) is 16.7. The quantitative estimate of drug-likeness (QED) is 0.104. The molecule has 62 heavy (non-hydrogen) atoms. The Labute approximate surface area is 360 Å². The van der Waals surface area contributed by atoms with Crippen molar-refractivity contribution in [2.24, 2.45) is 11.8 Å². The Morgan fingerprint density at radius 3 is 1.68 bits per heavy atom. The standard InChI is InChI=1S/C50H49N7O5/c58-46(37-23-24-37)54-43(35-9-3-1-4-10-35)49(61)56-29-7-13-41(56)45-51-31-40(53-45)34-21-17-32(18-22-34)15-16-33-19-27-39(28-20-33)52-48(60)42-14-8-30-57(42)50(62)44(36-11-5-2-6-12-36)55-47(59)38-25-26-38/h1-6,9-12,17-22,27-28,31,37-38,41-44H,7-8,13-14,23-26,29-30H2,(H,51,53)(H,52,60)(H,54,58)(H,55,59)/t41-,42-,43+,44+/m0/s1. The normalized spacial score (nSPS) is 19.2. The van der Waals surface area contributed by atoms with Crippen LogP contribution in [0.3, 0.4) is 0 Å². The summed E-state index contributed by atoms with van der Waals surface area (Å²) in [6.07, 6.45) is 8.03. The SMILES string of the molecule is O=C(N[C@@H](C(=O)N1CCC[C@H]1C(=O)Nc1ccc(C#Cc2ccc(-c3cnc([C@@H]4CCCN4C(=O)[C@H](NC(=O)C4CC4)c4ccccc4)[nH]3)cc2)cc1)c1ccccc1)C1CC1. The summed E-state index contributed by atoms with van der Waals surface area (Å²) in [5.41, 5.74) is 5.44. The number of hydrogen-bond donors (Lipinski definition) is 4. The Hall–Kier alpha value is -7.00. The first-order chi connectivity index (χ1) is 30.3. The summed E-state index contributed by atoms with van der Waals surface area (Å²) >= 11 is 0. The van der Waals surface area contributed by atoms with Crippen molar-refractivity contribution in [2.45, 2.75) is 75.5 Å². The highest BCUT2D eigenvalue weighted by Crippen LogP contribution is 2.36. The summed E-state index contributed by atoms with van der Waals surface area (Å²) in [5.74, 6) is 6.23. The summed E-state index contributed by atoms with van der Waals surface area (Å²) in [7, 11) is 0. The van der Waals surface area contributed by atoms with E-state index < -0.39 is 18.1 Å². The van der Waals surface area contributed by atoms with Crippen LogP contribution in [0.15, 0.2) is 115 Å². The first-order valence-electron chi connectivity index (χ1n) is 21.7.